The molecular weight excluding hydrogens is 389 g/mol. The molecule has 3 rings (SSSR count). The summed E-state index contributed by atoms with van der Waals surface area (Å²) in [6, 6.07) is 10.0. The SMILES string of the molecule is COc1ccc(CN(C(=O)c2cc(Br)ccc2F)C2CC2)c(OC)c1. The Labute approximate surface area is 154 Å². The summed E-state index contributed by atoms with van der Waals surface area (Å²) in [4.78, 5) is 14.6. The molecule has 1 fully saturated rings. The van der Waals surface area contributed by atoms with Gasteiger partial charge in [-0.05, 0) is 43.2 Å². The molecule has 0 bridgehead atoms. The summed E-state index contributed by atoms with van der Waals surface area (Å²) in [5.74, 6) is 0.509. The van der Waals surface area contributed by atoms with Gasteiger partial charge in [-0.3, -0.25) is 4.79 Å². The van der Waals surface area contributed by atoms with Gasteiger partial charge >= 0.3 is 0 Å². The van der Waals surface area contributed by atoms with Crippen molar-refractivity contribution in [1.29, 1.82) is 0 Å². The van der Waals surface area contributed by atoms with Crippen molar-refractivity contribution in [2.45, 2.75) is 25.4 Å². The Hall–Kier alpha value is -2.08. The number of methoxy groups -OCH3 is 2. The number of amides is 1. The van der Waals surface area contributed by atoms with E-state index in [1.54, 1.807) is 31.3 Å². The highest BCUT2D eigenvalue weighted by molar-refractivity contribution is 9.10. The van der Waals surface area contributed by atoms with E-state index in [0.29, 0.717) is 22.5 Å². The summed E-state index contributed by atoms with van der Waals surface area (Å²) in [5.41, 5.74) is 0.938. The summed E-state index contributed by atoms with van der Waals surface area (Å²) < 4.78 is 25.4. The summed E-state index contributed by atoms with van der Waals surface area (Å²) in [6.45, 7) is 0.364. The van der Waals surface area contributed by atoms with E-state index in [4.69, 9.17) is 9.47 Å². The number of rotatable bonds is 6. The zero-order chi connectivity index (χ0) is 18.0. The normalized spacial score (nSPS) is 13.4. The van der Waals surface area contributed by atoms with E-state index >= 15 is 0 Å². The first kappa shape index (κ1) is 17.7. The van der Waals surface area contributed by atoms with Crippen molar-refractivity contribution in [3.05, 3.63) is 57.8 Å². The molecule has 0 heterocycles. The van der Waals surface area contributed by atoms with Crippen molar-refractivity contribution >= 4 is 21.8 Å². The Morgan fingerprint density at radius 3 is 2.60 bits per heavy atom. The van der Waals surface area contributed by atoms with E-state index in [1.165, 1.54) is 12.1 Å². The second-order valence-electron chi connectivity index (χ2n) is 5.97. The fraction of sp³-hybridized carbons (Fsp3) is 0.316. The van der Waals surface area contributed by atoms with Gasteiger partial charge < -0.3 is 14.4 Å². The molecule has 0 N–H and O–H groups in total. The maximum Gasteiger partial charge on any atom is 0.257 e. The van der Waals surface area contributed by atoms with Crippen molar-refractivity contribution < 1.29 is 18.7 Å². The molecular formula is C19H19BrFNO3. The first-order chi connectivity index (χ1) is 12.0. The molecule has 1 aliphatic rings. The third-order valence-electron chi connectivity index (χ3n) is 4.24. The maximum absolute atomic E-state index is 14.1. The fourth-order valence-electron chi connectivity index (χ4n) is 2.74. The number of hydrogen-bond acceptors (Lipinski definition) is 3. The summed E-state index contributed by atoms with van der Waals surface area (Å²) in [7, 11) is 3.17. The molecule has 2 aromatic rings. The zero-order valence-electron chi connectivity index (χ0n) is 14.1. The summed E-state index contributed by atoms with van der Waals surface area (Å²) in [5, 5.41) is 0. The molecule has 1 aliphatic carbocycles. The highest BCUT2D eigenvalue weighted by Gasteiger charge is 2.34. The summed E-state index contributed by atoms with van der Waals surface area (Å²) >= 11 is 3.30. The second-order valence-corrected chi connectivity index (χ2v) is 6.88. The van der Waals surface area contributed by atoms with Gasteiger partial charge in [0.15, 0.2) is 0 Å². The van der Waals surface area contributed by atoms with Crippen LogP contribution >= 0.6 is 15.9 Å². The molecule has 1 saturated carbocycles. The minimum Gasteiger partial charge on any atom is -0.497 e. The van der Waals surface area contributed by atoms with Crippen molar-refractivity contribution in [3.8, 4) is 11.5 Å². The molecule has 0 atom stereocenters. The average Bonchev–Trinajstić information content (AvgIpc) is 3.46. The van der Waals surface area contributed by atoms with Crippen LogP contribution in [0.1, 0.15) is 28.8 Å². The zero-order valence-corrected chi connectivity index (χ0v) is 15.7. The van der Waals surface area contributed by atoms with Gasteiger partial charge in [0.25, 0.3) is 5.91 Å². The predicted molar refractivity (Wildman–Crippen MR) is 96.5 cm³/mol. The molecule has 4 nitrogen and oxygen atoms in total. The van der Waals surface area contributed by atoms with Crippen molar-refractivity contribution in [2.24, 2.45) is 0 Å². The van der Waals surface area contributed by atoms with Gasteiger partial charge in [-0.1, -0.05) is 15.9 Å². The molecule has 0 saturated heterocycles. The lowest BCUT2D eigenvalue weighted by Gasteiger charge is -2.24. The van der Waals surface area contributed by atoms with Crippen LogP contribution in [0.5, 0.6) is 11.5 Å². The van der Waals surface area contributed by atoms with Gasteiger partial charge in [-0.15, -0.1) is 0 Å². The van der Waals surface area contributed by atoms with E-state index in [0.717, 1.165) is 18.4 Å². The maximum atomic E-state index is 14.1. The van der Waals surface area contributed by atoms with E-state index in [2.05, 4.69) is 15.9 Å². The van der Waals surface area contributed by atoms with Crippen LogP contribution in [-0.2, 0) is 6.54 Å². The Bertz CT molecular complexity index is 792. The standard InChI is InChI=1S/C19H19BrFNO3/c1-24-15-7-3-12(18(10-15)25-2)11-22(14-5-6-14)19(23)16-9-13(20)4-8-17(16)21/h3-4,7-10,14H,5-6,11H2,1-2H3. The number of ether oxygens (including phenoxy) is 2. The average molecular weight is 408 g/mol. The topological polar surface area (TPSA) is 38.8 Å². The third-order valence-corrected chi connectivity index (χ3v) is 4.74. The lowest BCUT2D eigenvalue weighted by molar-refractivity contribution is 0.0724. The molecule has 6 heteroatoms. The molecule has 0 radical (unpaired) electrons. The molecule has 25 heavy (non-hydrogen) atoms. The van der Waals surface area contributed by atoms with Crippen molar-refractivity contribution in [1.82, 2.24) is 4.90 Å². The van der Waals surface area contributed by atoms with Crippen LogP contribution < -0.4 is 9.47 Å². The van der Waals surface area contributed by atoms with Gasteiger partial charge in [0.1, 0.15) is 17.3 Å². The molecule has 1 amide bonds. The van der Waals surface area contributed by atoms with E-state index < -0.39 is 5.82 Å². The number of carbonyl (C=O) groups excluding carboxylic acids is 1. The first-order valence-corrected chi connectivity index (χ1v) is 8.79. The minimum atomic E-state index is -0.513. The Morgan fingerprint density at radius 1 is 1.20 bits per heavy atom. The molecule has 132 valence electrons. The van der Waals surface area contributed by atoms with Gasteiger partial charge in [-0.25, -0.2) is 4.39 Å². The number of carbonyl (C=O) groups is 1. The highest BCUT2D eigenvalue weighted by atomic mass is 79.9. The molecule has 0 unspecified atom stereocenters. The largest absolute Gasteiger partial charge is 0.497 e. The molecule has 2 aromatic carbocycles. The lowest BCUT2D eigenvalue weighted by Crippen LogP contribution is -2.33. The summed E-state index contributed by atoms with van der Waals surface area (Å²) in [6.07, 6.45) is 1.86. The Kier molecular flexibility index (Phi) is 5.27. The Morgan fingerprint density at radius 2 is 1.96 bits per heavy atom. The number of hydrogen-bond donors (Lipinski definition) is 0. The quantitative estimate of drug-likeness (QED) is 0.711. The van der Waals surface area contributed by atoms with Crippen LogP contribution in [0, 0.1) is 5.82 Å². The van der Waals surface area contributed by atoms with Crippen LogP contribution in [0.2, 0.25) is 0 Å². The van der Waals surface area contributed by atoms with Crippen molar-refractivity contribution in [3.63, 3.8) is 0 Å². The van der Waals surface area contributed by atoms with Gasteiger partial charge in [0.05, 0.1) is 19.8 Å². The van der Waals surface area contributed by atoms with E-state index in [9.17, 15) is 9.18 Å². The second kappa shape index (κ2) is 7.44. The van der Waals surface area contributed by atoms with Crippen LogP contribution in [0.25, 0.3) is 0 Å². The van der Waals surface area contributed by atoms with Crippen molar-refractivity contribution in [2.75, 3.05) is 14.2 Å². The Balaban J connectivity index is 1.90. The number of halogens is 2. The van der Waals surface area contributed by atoms with Gasteiger partial charge in [0.2, 0.25) is 0 Å². The van der Waals surface area contributed by atoms with Crippen LogP contribution in [-0.4, -0.2) is 31.1 Å². The minimum absolute atomic E-state index is 0.0775. The van der Waals surface area contributed by atoms with Crippen LogP contribution in [0.3, 0.4) is 0 Å². The van der Waals surface area contributed by atoms with Crippen LogP contribution in [0.15, 0.2) is 40.9 Å². The van der Waals surface area contributed by atoms with E-state index in [1.807, 2.05) is 12.1 Å². The predicted octanol–water partition coefficient (Wildman–Crippen LogP) is 4.41. The molecule has 0 spiro atoms. The van der Waals surface area contributed by atoms with Gasteiger partial charge in [0, 0.05) is 28.7 Å². The number of benzene rings is 2. The third kappa shape index (κ3) is 3.95. The van der Waals surface area contributed by atoms with Crippen LogP contribution in [0.4, 0.5) is 4.39 Å². The molecule has 0 aromatic heterocycles. The van der Waals surface area contributed by atoms with Gasteiger partial charge in [-0.2, -0.15) is 0 Å². The monoisotopic (exact) mass is 407 g/mol. The first-order valence-electron chi connectivity index (χ1n) is 8.00. The fourth-order valence-corrected chi connectivity index (χ4v) is 3.10. The highest BCUT2D eigenvalue weighted by Crippen LogP contribution is 2.33. The number of nitrogens with zero attached hydrogens (tertiary/aromatic N) is 1. The lowest BCUT2D eigenvalue weighted by atomic mass is 10.1. The smallest absolute Gasteiger partial charge is 0.257 e. The molecule has 0 aliphatic heterocycles. The van der Waals surface area contributed by atoms with E-state index in [-0.39, 0.29) is 17.5 Å².